The van der Waals surface area contributed by atoms with Crippen LogP contribution in [0.3, 0.4) is 0 Å². The van der Waals surface area contributed by atoms with Gasteiger partial charge in [-0.2, -0.15) is 4.98 Å². The Bertz CT molecular complexity index is 1030. The predicted octanol–water partition coefficient (Wildman–Crippen LogP) is 2.64. The van der Waals surface area contributed by atoms with Crippen LogP contribution >= 0.6 is 0 Å². The quantitative estimate of drug-likeness (QED) is 0.661. The van der Waals surface area contributed by atoms with Crippen LogP contribution in [0.2, 0.25) is 0 Å². The molecule has 5 rings (SSSR count). The molecule has 0 saturated carbocycles. The summed E-state index contributed by atoms with van der Waals surface area (Å²) in [5.74, 6) is 3.98. The van der Waals surface area contributed by atoms with E-state index in [2.05, 4.69) is 10.1 Å². The third-order valence-electron chi connectivity index (χ3n) is 4.15. The van der Waals surface area contributed by atoms with E-state index in [9.17, 15) is 4.21 Å². The lowest BCUT2D eigenvalue weighted by molar-refractivity contribution is 0.173. The molecule has 3 aromatic rings. The highest BCUT2D eigenvalue weighted by atomic mass is 32.2. The second-order valence-electron chi connectivity index (χ2n) is 6.00. The van der Waals surface area contributed by atoms with Crippen molar-refractivity contribution in [3.8, 4) is 34.4 Å². The van der Waals surface area contributed by atoms with Crippen LogP contribution < -0.4 is 18.9 Å². The molecule has 27 heavy (non-hydrogen) atoms. The number of hydrogen-bond acceptors (Lipinski definition) is 8. The van der Waals surface area contributed by atoms with Gasteiger partial charge in [-0.05, 0) is 35.9 Å². The lowest BCUT2D eigenvalue weighted by atomic mass is 10.2. The normalized spacial score (nSPS) is 15.1. The second-order valence-corrected chi connectivity index (χ2v) is 7.45. The van der Waals surface area contributed by atoms with E-state index in [1.807, 2.05) is 24.3 Å². The van der Waals surface area contributed by atoms with Gasteiger partial charge in [0.2, 0.25) is 25.3 Å². The third-order valence-corrected chi connectivity index (χ3v) is 5.37. The highest BCUT2D eigenvalue weighted by Gasteiger charge is 2.18. The molecule has 0 aliphatic carbocycles. The predicted molar refractivity (Wildman–Crippen MR) is 94.0 cm³/mol. The first-order chi connectivity index (χ1) is 13.2. The van der Waals surface area contributed by atoms with Crippen LogP contribution in [-0.2, 0) is 22.3 Å². The molecule has 0 spiro atoms. The third kappa shape index (κ3) is 3.21. The molecule has 0 fully saturated rings. The summed E-state index contributed by atoms with van der Waals surface area (Å²) in [5.41, 5.74) is 1.64. The summed E-state index contributed by atoms with van der Waals surface area (Å²) in [4.78, 5) is 4.33. The van der Waals surface area contributed by atoms with E-state index >= 15 is 0 Å². The van der Waals surface area contributed by atoms with Gasteiger partial charge in [0, 0.05) is 22.1 Å². The number of rotatable bonds is 5. The molecule has 2 aliphatic heterocycles. The smallest absolute Gasteiger partial charge is 0.239 e. The van der Waals surface area contributed by atoms with Crippen LogP contribution in [0.1, 0.15) is 11.5 Å². The van der Waals surface area contributed by atoms with Crippen LogP contribution in [0.25, 0.3) is 11.4 Å². The molecule has 8 nitrogen and oxygen atoms in total. The summed E-state index contributed by atoms with van der Waals surface area (Å²) in [6, 6.07) is 10.9. The van der Waals surface area contributed by atoms with E-state index in [0.717, 1.165) is 11.1 Å². The van der Waals surface area contributed by atoms with Crippen molar-refractivity contribution in [1.82, 2.24) is 10.1 Å². The monoisotopic (exact) mass is 386 g/mol. The molecule has 0 radical (unpaired) electrons. The van der Waals surface area contributed by atoms with Crippen LogP contribution in [0.15, 0.2) is 40.9 Å². The molecule has 0 saturated heterocycles. The molecule has 1 aromatic heterocycles. The van der Waals surface area contributed by atoms with Crippen molar-refractivity contribution in [1.29, 1.82) is 0 Å². The zero-order valence-electron chi connectivity index (χ0n) is 14.0. The van der Waals surface area contributed by atoms with Gasteiger partial charge in [0.05, 0.1) is 0 Å². The second kappa shape index (κ2) is 6.58. The first-order valence-electron chi connectivity index (χ1n) is 8.21. The van der Waals surface area contributed by atoms with E-state index < -0.39 is 10.8 Å². The fourth-order valence-electron chi connectivity index (χ4n) is 2.87. The van der Waals surface area contributed by atoms with E-state index in [-0.39, 0.29) is 19.3 Å². The largest absolute Gasteiger partial charge is 0.454 e. The molecule has 1 atom stereocenters. The number of aromatic nitrogens is 2. The van der Waals surface area contributed by atoms with Gasteiger partial charge in [-0.25, -0.2) is 0 Å². The van der Waals surface area contributed by atoms with Gasteiger partial charge in [-0.3, -0.25) is 4.21 Å². The molecular weight excluding hydrogens is 372 g/mol. The fourth-order valence-corrected chi connectivity index (χ4v) is 3.92. The molecule has 0 amide bonds. The van der Waals surface area contributed by atoms with E-state index in [1.54, 1.807) is 12.1 Å². The van der Waals surface area contributed by atoms with Gasteiger partial charge < -0.3 is 23.5 Å². The Kier molecular flexibility index (Phi) is 3.93. The summed E-state index contributed by atoms with van der Waals surface area (Å²) < 4.78 is 39.0. The Balaban J connectivity index is 1.27. The lowest BCUT2D eigenvalue weighted by Gasteiger charge is -2.02. The maximum Gasteiger partial charge on any atom is 0.239 e. The maximum absolute atomic E-state index is 12.5. The topological polar surface area (TPSA) is 92.9 Å². The molecule has 0 bridgehead atoms. The Morgan fingerprint density at radius 3 is 2.37 bits per heavy atom. The van der Waals surface area contributed by atoms with Gasteiger partial charge in [0.25, 0.3) is 0 Å². The first kappa shape index (κ1) is 16.1. The van der Waals surface area contributed by atoms with Gasteiger partial charge in [0.1, 0.15) is 5.75 Å². The van der Waals surface area contributed by atoms with Crippen molar-refractivity contribution in [2.45, 2.75) is 11.5 Å². The molecule has 3 heterocycles. The number of fused-ring (bicyclic) bond motifs is 2. The highest BCUT2D eigenvalue weighted by Crippen LogP contribution is 2.35. The van der Waals surface area contributed by atoms with Crippen LogP contribution in [0.4, 0.5) is 0 Å². The van der Waals surface area contributed by atoms with Crippen LogP contribution in [-0.4, -0.2) is 27.9 Å². The van der Waals surface area contributed by atoms with Crippen molar-refractivity contribution in [2.24, 2.45) is 0 Å². The van der Waals surface area contributed by atoms with Crippen LogP contribution in [0.5, 0.6) is 23.0 Å². The van der Waals surface area contributed by atoms with Crippen molar-refractivity contribution in [2.75, 3.05) is 13.6 Å². The van der Waals surface area contributed by atoms with Gasteiger partial charge in [-0.15, -0.1) is 0 Å². The Morgan fingerprint density at radius 2 is 1.56 bits per heavy atom. The first-order valence-corrected chi connectivity index (χ1v) is 9.69. The fraction of sp³-hybridized carbons (Fsp3) is 0.222. The maximum atomic E-state index is 12.5. The zero-order valence-corrected chi connectivity index (χ0v) is 14.9. The summed E-state index contributed by atoms with van der Waals surface area (Å²) in [6.07, 6.45) is 0. The van der Waals surface area contributed by atoms with E-state index in [0.29, 0.717) is 40.5 Å². The average Bonchev–Trinajstić information content (AvgIpc) is 3.40. The SMILES string of the molecule is O=S(Cc1ccc2c(c1)OCO2)Cc1nc(-c2ccc3c(c2)OCO3)no1. The Labute approximate surface area is 156 Å². The summed E-state index contributed by atoms with van der Waals surface area (Å²) in [6.45, 7) is 0.418. The van der Waals surface area contributed by atoms with Crippen molar-refractivity contribution in [3.05, 3.63) is 47.9 Å². The summed E-state index contributed by atoms with van der Waals surface area (Å²) in [5, 5.41) is 3.97. The zero-order chi connectivity index (χ0) is 18.2. The lowest BCUT2D eigenvalue weighted by Crippen LogP contribution is -2.00. The van der Waals surface area contributed by atoms with E-state index in [4.69, 9.17) is 23.5 Å². The summed E-state index contributed by atoms with van der Waals surface area (Å²) in [7, 11) is -1.20. The molecule has 2 aliphatic rings. The molecule has 138 valence electrons. The molecule has 0 N–H and O–H groups in total. The Morgan fingerprint density at radius 1 is 0.852 bits per heavy atom. The van der Waals surface area contributed by atoms with Crippen molar-refractivity contribution >= 4 is 10.8 Å². The minimum Gasteiger partial charge on any atom is -0.454 e. The standard InChI is InChI=1S/C18H14N2O6S/c21-27(7-11-1-3-13-15(5-11)24-9-22-13)8-17-19-18(20-26-17)12-2-4-14-16(6-12)25-10-23-14/h1-6H,7-10H2. The van der Waals surface area contributed by atoms with Crippen molar-refractivity contribution < 1.29 is 27.7 Å². The molecular formula is C18H14N2O6S. The van der Waals surface area contributed by atoms with Gasteiger partial charge in [0.15, 0.2) is 23.0 Å². The Hall–Kier alpha value is -3.07. The van der Waals surface area contributed by atoms with Crippen LogP contribution in [0, 0.1) is 0 Å². The number of hydrogen-bond donors (Lipinski definition) is 0. The minimum absolute atomic E-state index is 0.173. The van der Waals surface area contributed by atoms with Gasteiger partial charge in [-0.1, -0.05) is 11.2 Å². The molecule has 9 heteroatoms. The molecule has 1 unspecified atom stereocenters. The van der Waals surface area contributed by atoms with Gasteiger partial charge >= 0.3 is 0 Å². The number of benzene rings is 2. The number of nitrogens with zero attached hydrogens (tertiary/aromatic N) is 2. The average molecular weight is 386 g/mol. The van der Waals surface area contributed by atoms with Crippen molar-refractivity contribution in [3.63, 3.8) is 0 Å². The summed E-state index contributed by atoms with van der Waals surface area (Å²) >= 11 is 0. The number of ether oxygens (including phenoxy) is 4. The minimum atomic E-state index is -1.20. The van der Waals surface area contributed by atoms with E-state index in [1.165, 1.54) is 0 Å². The molecule has 2 aromatic carbocycles. The highest BCUT2D eigenvalue weighted by molar-refractivity contribution is 7.83.